The van der Waals surface area contributed by atoms with E-state index in [9.17, 15) is 4.79 Å². The Morgan fingerprint density at radius 1 is 1.04 bits per heavy atom. The quantitative estimate of drug-likeness (QED) is 0.625. The van der Waals surface area contributed by atoms with Gasteiger partial charge < -0.3 is 14.2 Å². The minimum atomic E-state index is -0.283. The van der Waals surface area contributed by atoms with E-state index in [2.05, 4.69) is 15.5 Å². The maximum absolute atomic E-state index is 12.0. The summed E-state index contributed by atoms with van der Waals surface area (Å²) in [4.78, 5) is 12.0. The number of rotatable bonds is 8. The van der Waals surface area contributed by atoms with Crippen LogP contribution in [0.2, 0.25) is 0 Å². The molecular formula is C20H21N3O4S. The van der Waals surface area contributed by atoms with Crippen molar-refractivity contribution in [2.75, 3.05) is 26.1 Å². The Bertz CT molecular complexity index is 941. The summed E-state index contributed by atoms with van der Waals surface area (Å²) in [5.74, 6) is 1.69. The first kappa shape index (κ1) is 19.6. The fourth-order valence-corrected chi connectivity index (χ4v) is 3.27. The van der Waals surface area contributed by atoms with Gasteiger partial charge in [0.05, 0.1) is 14.2 Å². The molecule has 1 amide bonds. The van der Waals surface area contributed by atoms with E-state index < -0.39 is 0 Å². The zero-order chi connectivity index (χ0) is 19.9. The number of amides is 1. The number of benzene rings is 2. The Kier molecular flexibility index (Phi) is 6.44. The summed E-state index contributed by atoms with van der Waals surface area (Å²) in [6.45, 7) is 1.90. The third-order valence-electron chi connectivity index (χ3n) is 3.91. The van der Waals surface area contributed by atoms with Crippen LogP contribution in [-0.4, -0.2) is 36.9 Å². The summed E-state index contributed by atoms with van der Waals surface area (Å²) in [5, 5.41) is 12.1. The van der Waals surface area contributed by atoms with Gasteiger partial charge in [-0.1, -0.05) is 35.1 Å². The van der Waals surface area contributed by atoms with Crippen molar-refractivity contribution in [1.29, 1.82) is 0 Å². The summed E-state index contributed by atoms with van der Waals surface area (Å²) in [6.07, 6.45) is 0.577. The van der Waals surface area contributed by atoms with E-state index in [0.717, 1.165) is 16.1 Å². The molecule has 1 N–H and O–H groups in total. The molecule has 0 saturated heterocycles. The number of hydrogen-bond acceptors (Lipinski definition) is 7. The van der Waals surface area contributed by atoms with Crippen LogP contribution in [-0.2, 0) is 11.2 Å². The van der Waals surface area contributed by atoms with Crippen molar-refractivity contribution in [3.63, 3.8) is 0 Å². The summed E-state index contributed by atoms with van der Waals surface area (Å²) in [7, 11) is 3.19. The molecule has 0 spiro atoms. The Labute approximate surface area is 167 Å². The molecule has 0 aliphatic rings. The van der Waals surface area contributed by atoms with Crippen LogP contribution in [0, 0.1) is 6.92 Å². The fraction of sp³-hybridized carbons (Fsp3) is 0.250. The van der Waals surface area contributed by atoms with Crippen LogP contribution >= 0.6 is 11.3 Å². The number of anilines is 1. The predicted octanol–water partition coefficient (Wildman–Crippen LogP) is 3.47. The monoisotopic (exact) mass is 399 g/mol. The maximum Gasteiger partial charge on any atom is 0.264 e. The Morgan fingerprint density at radius 3 is 2.50 bits per heavy atom. The number of hydrogen-bond donors (Lipinski definition) is 1. The third kappa shape index (κ3) is 5.20. The molecule has 0 unspecified atom stereocenters. The number of carbonyl (C=O) groups is 1. The van der Waals surface area contributed by atoms with Crippen molar-refractivity contribution >= 4 is 22.4 Å². The van der Waals surface area contributed by atoms with Crippen LogP contribution < -0.4 is 19.5 Å². The number of carbonyl (C=O) groups excluding carboxylic acids is 1. The zero-order valence-electron chi connectivity index (χ0n) is 15.9. The smallest absolute Gasteiger partial charge is 0.264 e. The van der Waals surface area contributed by atoms with Crippen LogP contribution in [0.1, 0.15) is 16.1 Å². The van der Waals surface area contributed by atoms with Crippen molar-refractivity contribution in [2.24, 2.45) is 0 Å². The molecule has 0 fully saturated rings. The third-order valence-corrected chi connectivity index (χ3v) is 4.75. The average Bonchev–Trinajstić information content (AvgIpc) is 3.14. The number of methoxy groups -OCH3 is 2. The lowest BCUT2D eigenvalue weighted by atomic mass is 10.1. The highest BCUT2D eigenvalue weighted by Crippen LogP contribution is 2.29. The van der Waals surface area contributed by atoms with Crippen molar-refractivity contribution in [3.8, 4) is 17.2 Å². The van der Waals surface area contributed by atoms with Crippen LogP contribution in [0.3, 0.4) is 0 Å². The van der Waals surface area contributed by atoms with E-state index in [1.54, 1.807) is 14.2 Å². The molecule has 0 aliphatic carbocycles. The van der Waals surface area contributed by atoms with Gasteiger partial charge in [0.2, 0.25) is 5.13 Å². The Morgan fingerprint density at radius 2 is 1.79 bits per heavy atom. The lowest BCUT2D eigenvalue weighted by Gasteiger charge is -2.08. The molecule has 0 atom stereocenters. The molecule has 7 nitrogen and oxygen atoms in total. The topological polar surface area (TPSA) is 82.6 Å². The number of aryl methyl sites for hydroxylation is 1. The van der Waals surface area contributed by atoms with Crippen molar-refractivity contribution in [1.82, 2.24) is 10.2 Å². The minimum Gasteiger partial charge on any atom is -0.493 e. The van der Waals surface area contributed by atoms with Gasteiger partial charge in [-0.25, -0.2) is 0 Å². The van der Waals surface area contributed by atoms with Crippen LogP contribution in [0.25, 0.3) is 0 Å². The highest BCUT2D eigenvalue weighted by Gasteiger charge is 2.11. The second-order valence-electron chi connectivity index (χ2n) is 6.02. The standard InChI is InChI=1S/C20H21N3O4S/c1-13-4-7-15(8-5-13)27-12-18(24)21-20-23-22-19(28-20)11-14-6-9-16(25-2)17(10-14)26-3/h4-10H,11-12H2,1-3H3,(H,21,23,24). The van der Waals surface area contributed by atoms with E-state index in [-0.39, 0.29) is 12.5 Å². The molecule has 0 radical (unpaired) electrons. The van der Waals surface area contributed by atoms with Gasteiger partial charge in [0.1, 0.15) is 10.8 Å². The molecule has 28 heavy (non-hydrogen) atoms. The van der Waals surface area contributed by atoms with Crippen molar-refractivity contribution in [2.45, 2.75) is 13.3 Å². The first-order chi connectivity index (χ1) is 13.6. The molecule has 146 valence electrons. The van der Waals surface area contributed by atoms with Gasteiger partial charge in [-0.05, 0) is 36.8 Å². The Balaban J connectivity index is 1.55. The average molecular weight is 399 g/mol. The molecule has 3 aromatic rings. The zero-order valence-corrected chi connectivity index (χ0v) is 16.7. The van der Waals surface area contributed by atoms with Gasteiger partial charge in [-0.3, -0.25) is 10.1 Å². The molecule has 0 aliphatic heterocycles. The van der Waals surface area contributed by atoms with Gasteiger partial charge in [-0.2, -0.15) is 0 Å². The first-order valence-electron chi connectivity index (χ1n) is 8.60. The summed E-state index contributed by atoms with van der Waals surface area (Å²) >= 11 is 1.32. The maximum atomic E-state index is 12.0. The van der Waals surface area contributed by atoms with Crippen LogP contribution in [0.15, 0.2) is 42.5 Å². The molecule has 3 rings (SSSR count). The molecule has 2 aromatic carbocycles. The van der Waals surface area contributed by atoms with Gasteiger partial charge in [0.15, 0.2) is 18.1 Å². The lowest BCUT2D eigenvalue weighted by molar-refractivity contribution is -0.118. The van der Waals surface area contributed by atoms with E-state index >= 15 is 0 Å². The number of nitrogens with one attached hydrogen (secondary N) is 1. The summed E-state index contributed by atoms with van der Waals surface area (Å²) in [6, 6.07) is 13.2. The normalized spacial score (nSPS) is 10.4. The second kappa shape index (κ2) is 9.18. The molecule has 1 aromatic heterocycles. The van der Waals surface area contributed by atoms with E-state index in [1.165, 1.54) is 11.3 Å². The fourth-order valence-electron chi connectivity index (χ4n) is 2.48. The van der Waals surface area contributed by atoms with Crippen LogP contribution in [0.5, 0.6) is 17.2 Å². The van der Waals surface area contributed by atoms with Gasteiger partial charge in [-0.15, -0.1) is 10.2 Å². The molecule has 1 heterocycles. The predicted molar refractivity (Wildman–Crippen MR) is 108 cm³/mol. The van der Waals surface area contributed by atoms with Gasteiger partial charge in [0.25, 0.3) is 5.91 Å². The highest BCUT2D eigenvalue weighted by atomic mass is 32.1. The van der Waals surface area contributed by atoms with E-state index in [0.29, 0.717) is 28.8 Å². The summed E-state index contributed by atoms with van der Waals surface area (Å²) in [5.41, 5.74) is 2.14. The number of ether oxygens (including phenoxy) is 3. The molecule has 8 heteroatoms. The largest absolute Gasteiger partial charge is 0.493 e. The number of nitrogens with zero attached hydrogens (tertiary/aromatic N) is 2. The van der Waals surface area contributed by atoms with E-state index in [1.807, 2.05) is 49.4 Å². The Hall–Kier alpha value is -3.13. The summed E-state index contributed by atoms with van der Waals surface area (Å²) < 4.78 is 16.0. The SMILES string of the molecule is COc1ccc(Cc2nnc(NC(=O)COc3ccc(C)cc3)s2)cc1OC. The van der Waals surface area contributed by atoms with Crippen LogP contribution in [0.4, 0.5) is 5.13 Å². The second-order valence-corrected chi connectivity index (χ2v) is 7.08. The molecular weight excluding hydrogens is 378 g/mol. The first-order valence-corrected chi connectivity index (χ1v) is 9.41. The van der Waals surface area contributed by atoms with Gasteiger partial charge >= 0.3 is 0 Å². The van der Waals surface area contributed by atoms with E-state index in [4.69, 9.17) is 14.2 Å². The minimum absolute atomic E-state index is 0.0896. The lowest BCUT2D eigenvalue weighted by Crippen LogP contribution is -2.20. The number of aromatic nitrogens is 2. The molecule has 0 bridgehead atoms. The van der Waals surface area contributed by atoms with Crippen molar-refractivity contribution in [3.05, 3.63) is 58.6 Å². The van der Waals surface area contributed by atoms with Crippen molar-refractivity contribution < 1.29 is 19.0 Å². The van der Waals surface area contributed by atoms with Gasteiger partial charge in [0, 0.05) is 6.42 Å². The molecule has 0 saturated carbocycles. The highest BCUT2D eigenvalue weighted by molar-refractivity contribution is 7.15.